The van der Waals surface area contributed by atoms with E-state index >= 15 is 0 Å². The van der Waals surface area contributed by atoms with Crippen LogP contribution in [0.2, 0.25) is 0 Å². The van der Waals surface area contributed by atoms with Crippen LogP contribution in [0.4, 0.5) is 10.5 Å². The lowest BCUT2D eigenvalue weighted by molar-refractivity contribution is -0.127. The first kappa shape index (κ1) is 18.5. The first-order chi connectivity index (χ1) is 12.7. The number of carbonyl (C=O) groups excluding carboxylic acids is 2. The molecule has 2 N–H and O–H groups in total. The molecule has 1 fully saturated rings. The van der Waals surface area contributed by atoms with Crippen LogP contribution in [-0.2, 0) is 4.79 Å². The maximum atomic E-state index is 12.7. The number of piperidine rings is 1. The number of benzene rings is 1. The Bertz CT molecular complexity index is 718. The second-order valence-electron chi connectivity index (χ2n) is 6.57. The Morgan fingerprint density at radius 2 is 2.04 bits per heavy atom. The summed E-state index contributed by atoms with van der Waals surface area (Å²) in [4.78, 5) is 28.1. The van der Waals surface area contributed by atoms with Crippen LogP contribution >= 0.6 is 11.3 Å². The highest BCUT2D eigenvalue weighted by atomic mass is 32.1. The molecule has 3 rings (SSSR count). The van der Waals surface area contributed by atoms with E-state index in [9.17, 15) is 9.59 Å². The predicted octanol–water partition coefficient (Wildman–Crippen LogP) is 4.26. The smallest absolute Gasteiger partial charge is 0.321 e. The van der Waals surface area contributed by atoms with Gasteiger partial charge in [0.2, 0.25) is 5.91 Å². The largest absolute Gasteiger partial charge is 0.348 e. The fraction of sp³-hybridized carbons (Fsp3) is 0.400. The lowest BCUT2D eigenvalue weighted by atomic mass is 9.96. The molecule has 2 aromatic rings. The molecule has 138 valence electrons. The number of likely N-dealkylation sites (tertiary alicyclic amines) is 1. The summed E-state index contributed by atoms with van der Waals surface area (Å²) in [7, 11) is 0. The standard InChI is InChI=1S/C20H25N3O2S/c1-2-17(18-11-7-13-26-18)22-19(24)15-8-6-12-23(14-15)20(25)21-16-9-4-3-5-10-16/h3-5,7,9-11,13,15,17H,2,6,8,12,14H2,1H3,(H,21,25)(H,22,24). The van der Waals surface area contributed by atoms with E-state index in [1.807, 2.05) is 41.8 Å². The van der Waals surface area contributed by atoms with Gasteiger partial charge in [0.15, 0.2) is 0 Å². The Morgan fingerprint density at radius 1 is 1.23 bits per heavy atom. The number of hydrogen-bond donors (Lipinski definition) is 2. The number of anilines is 1. The Morgan fingerprint density at radius 3 is 2.73 bits per heavy atom. The lowest BCUT2D eigenvalue weighted by Crippen LogP contribution is -2.47. The van der Waals surface area contributed by atoms with Crippen molar-refractivity contribution < 1.29 is 9.59 Å². The number of hydrogen-bond acceptors (Lipinski definition) is 3. The third-order valence-electron chi connectivity index (χ3n) is 4.72. The molecule has 26 heavy (non-hydrogen) atoms. The molecule has 2 atom stereocenters. The number of thiophene rings is 1. The van der Waals surface area contributed by atoms with E-state index in [4.69, 9.17) is 0 Å². The Balaban J connectivity index is 1.57. The van der Waals surface area contributed by atoms with Crippen LogP contribution in [-0.4, -0.2) is 29.9 Å². The van der Waals surface area contributed by atoms with Crippen molar-refractivity contribution in [1.82, 2.24) is 10.2 Å². The van der Waals surface area contributed by atoms with Crippen LogP contribution in [0.5, 0.6) is 0 Å². The average molecular weight is 372 g/mol. The van der Waals surface area contributed by atoms with Gasteiger partial charge >= 0.3 is 6.03 Å². The number of nitrogens with zero attached hydrogens (tertiary/aromatic N) is 1. The zero-order valence-electron chi connectivity index (χ0n) is 15.0. The Kier molecular flexibility index (Phi) is 6.28. The van der Waals surface area contributed by atoms with Crippen LogP contribution < -0.4 is 10.6 Å². The maximum Gasteiger partial charge on any atom is 0.321 e. The van der Waals surface area contributed by atoms with Crippen molar-refractivity contribution in [3.05, 3.63) is 52.7 Å². The molecule has 0 spiro atoms. The number of nitrogens with one attached hydrogen (secondary N) is 2. The summed E-state index contributed by atoms with van der Waals surface area (Å²) < 4.78 is 0. The molecule has 0 aliphatic carbocycles. The highest BCUT2D eigenvalue weighted by molar-refractivity contribution is 7.10. The first-order valence-electron chi connectivity index (χ1n) is 9.12. The van der Waals surface area contributed by atoms with Crippen molar-refractivity contribution in [2.24, 2.45) is 5.92 Å². The molecule has 2 heterocycles. The second-order valence-corrected chi connectivity index (χ2v) is 7.55. The van der Waals surface area contributed by atoms with E-state index in [1.54, 1.807) is 16.2 Å². The minimum atomic E-state index is -0.153. The van der Waals surface area contributed by atoms with E-state index in [0.29, 0.717) is 13.1 Å². The van der Waals surface area contributed by atoms with Crippen LogP contribution in [0.3, 0.4) is 0 Å². The monoisotopic (exact) mass is 371 g/mol. The van der Waals surface area contributed by atoms with E-state index in [0.717, 1.165) is 24.9 Å². The van der Waals surface area contributed by atoms with Crippen molar-refractivity contribution in [1.29, 1.82) is 0 Å². The summed E-state index contributed by atoms with van der Waals surface area (Å²) in [5.74, 6) is -0.109. The van der Waals surface area contributed by atoms with Gasteiger partial charge in [-0.25, -0.2) is 4.79 Å². The summed E-state index contributed by atoms with van der Waals surface area (Å²) in [6.45, 7) is 3.22. The van der Waals surface area contributed by atoms with Gasteiger partial charge in [0.25, 0.3) is 0 Å². The molecule has 1 aliphatic rings. The van der Waals surface area contributed by atoms with Gasteiger partial charge in [0.1, 0.15) is 0 Å². The number of rotatable bonds is 5. The Labute approximate surface area is 158 Å². The quantitative estimate of drug-likeness (QED) is 0.825. The van der Waals surface area contributed by atoms with Gasteiger partial charge in [0, 0.05) is 23.7 Å². The van der Waals surface area contributed by atoms with Gasteiger partial charge in [-0.1, -0.05) is 31.2 Å². The first-order valence-corrected chi connectivity index (χ1v) is 10.00. The van der Waals surface area contributed by atoms with Crippen molar-refractivity contribution in [3.8, 4) is 0 Å². The fourth-order valence-electron chi connectivity index (χ4n) is 3.25. The molecule has 0 bridgehead atoms. The normalized spacial score (nSPS) is 18.2. The summed E-state index contributed by atoms with van der Waals surface area (Å²) in [5, 5.41) is 8.09. The highest BCUT2D eigenvalue weighted by Gasteiger charge is 2.29. The van der Waals surface area contributed by atoms with Gasteiger partial charge in [-0.05, 0) is 42.8 Å². The molecule has 2 unspecified atom stereocenters. The van der Waals surface area contributed by atoms with E-state index in [2.05, 4.69) is 23.6 Å². The molecule has 6 heteroatoms. The van der Waals surface area contributed by atoms with Crippen molar-refractivity contribution in [2.75, 3.05) is 18.4 Å². The topological polar surface area (TPSA) is 61.4 Å². The van der Waals surface area contributed by atoms with E-state index in [1.165, 1.54) is 4.88 Å². The zero-order chi connectivity index (χ0) is 18.4. The van der Waals surface area contributed by atoms with Crippen molar-refractivity contribution >= 4 is 29.0 Å². The van der Waals surface area contributed by atoms with Crippen molar-refractivity contribution in [3.63, 3.8) is 0 Å². The zero-order valence-corrected chi connectivity index (χ0v) is 15.8. The van der Waals surface area contributed by atoms with E-state index in [-0.39, 0.29) is 23.9 Å². The van der Waals surface area contributed by atoms with Crippen LogP contribution in [0.1, 0.15) is 37.1 Å². The molecule has 1 saturated heterocycles. The molecular weight excluding hydrogens is 346 g/mol. The number of para-hydroxylation sites is 1. The van der Waals surface area contributed by atoms with Gasteiger partial charge in [0.05, 0.1) is 12.0 Å². The minimum absolute atomic E-state index is 0.0439. The molecule has 1 aliphatic heterocycles. The third kappa shape index (κ3) is 4.64. The summed E-state index contributed by atoms with van der Waals surface area (Å²) >= 11 is 1.66. The fourth-order valence-corrected chi connectivity index (χ4v) is 4.11. The molecule has 5 nitrogen and oxygen atoms in total. The maximum absolute atomic E-state index is 12.7. The number of amides is 3. The second kappa shape index (κ2) is 8.85. The molecule has 3 amide bonds. The van der Waals surface area contributed by atoms with Gasteiger partial charge in [-0.2, -0.15) is 0 Å². The van der Waals surface area contributed by atoms with Crippen molar-refractivity contribution in [2.45, 2.75) is 32.2 Å². The molecule has 0 radical (unpaired) electrons. The van der Waals surface area contributed by atoms with Gasteiger partial charge in [-0.15, -0.1) is 11.3 Å². The number of urea groups is 1. The predicted molar refractivity (Wildman–Crippen MR) is 105 cm³/mol. The van der Waals surface area contributed by atoms with E-state index < -0.39 is 0 Å². The molecule has 0 saturated carbocycles. The van der Waals surface area contributed by atoms with Gasteiger partial charge in [-0.3, -0.25) is 4.79 Å². The summed E-state index contributed by atoms with van der Waals surface area (Å²) in [5.41, 5.74) is 0.771. The molecule has 1 aromatic carbocycles. The SMILES string of the molecule is CCC(NC(=O)C1CCCN(C(=O)Nc2ccccc2)C1)c1cccs1. The third-order valence-corrected chi connectivity index (χ3v) is 5.70. The van der Waals surface area contributed by atoms with Crippen LogP contribution in [0.15, 0.2) is 47.8 Å². The van der Waals surface area contributed by atoms with Crippen LogP contribution in [0.25, 0.3) is 0 Å². The number of carbonyl (C=O) groups is 2. The van der Waals surface area contributed by atoms with Crippen LogP contribution in [0, 0.1) is 5.92 Å². The highest BCUT2D eigenvalue weighted by Crippen LogP contribution is 2.24. The van der Waals surface area contributed by atoms with Gasteiger partial charge < -0.3 is 15.5 Å². The lowest BCUT2D eigenvalue weighted by Gasteiger charge is -2.32. The average Bonchev–Trinajstić information content (AvgIpc) is 3.21. The molecule has 1 aromatic heterocycles. The minimum Gasteiger partial charge on any atom is -0.348 e. The summed E-state index contributed by atoms with van der Waals surface area (Å²) in [6, 6.07) is 13.4. The Hall–Kier alpha value is -2.34. The molecular formula is C20H25N3O2S. The summed E-state index contributed by atoms with van der Waals surface area (Å²) in [6.07, 6.45) is 2.52.